The Balaban J connectivity index is 1.90. The molecule has 0 aliphatic heterocycles. The Hall–Kier alpha value is -3.07. The number of nitrogens with one attached hydrogen (secondary N) is 1. The number of aryl methyl sites for hydroxylation is 1. The summed E-state index contributed by atoms with van der Waals surface area (Å²) in [6.07, 6.45) is 6.71. The highest BCUT2D eigenvalue weighted by molar-refractivity contribution is 7.92. The van der Waals surface area contributed by atoms with Gasteiger partial charge in [-0.3, -0.25) is 13.9 Å². The van der Waals surface area contributed by atoms with Crippen LogP contribution in [0.2, 0.25) is 0 Å². The topological polar surface area (TPSA) is 96.0 Å². The number of hydrogen-bond donors (Lipinski definition) is 1. The van der Waals surface area contributed by atoms with E-state index in [9.17, 15) is 18.0 Å². The second-order valence-electron chi connectivity index (χ2n) is 9.91. The van der Waals surface area contributed by atoms with Crippen molar-refractivity contribution < 1.29 is 22.7 Å². The van der Waals surface area contributed by atoms with E-state index in [1.165, 1.54) is 11.3 Å². The van der Waals surface area contributed by atoms with Gasteiger partial charge in [0, 0.05) is 12.6 Å². The van der Waals surface area contributed by atoms with Crippen molar-refractivity contribution in [2.45, 2.75) is 77.9 Å². The van der Waals surface area contributed by atoms with Crippen LogP contribution in [-0.2, 0) is 26.2 Å². The third kappa shape index (κ3) is 7.96. The summed E-state index contributed by atoms with van der Waals surface area (Å²) >= 11 is 0. The standard InChI is InChI=1S/C29H41N3O5S/c1-5-27(29(34)30-24-14-8-7-9-15-24)31(20-23-13-11-10-12-22(23)3)28(33)21-32(38(4,35)36)25-16-18-26(19-17-25)37-6-2/h10-13,16-19,24,27H,5-9,14-15,20-21H2,1-4H3,(H,30,34). The molecule has 1 atom stereocenters. The maximum Gasteiger partial charge on any atom is 0.244 e. The van der Waals surface area contributed by atoms with Crippen molar-refractivity contribution in [3.8, 4) is 5.75 Å². The van der Waals surface area contributed by atoms with Crippen LogP contribution in [0.25, 0.3) is 0 Å². The van der Waals surface area contributed by atoms with Gasteiger partial charge in [-0.05, 0) is 68.5 Å². The van der Waals surface area contributed by atoms with E-state index in [2.05, 4.69) is 5.32 Å². The molecule has 0 saturated heterocycles. The lowest BCUT2D eigenvalue weighted by Crippen LogP contribution is -2.54. The summed E-state index contributed by atoms with van der Waals surface area (Å²) in [5, 5.41) is 3.16. The van der Waals surface area contributed by atoms with E-state index < -0.39 is 28.5 Å². The molecule has 3 rings (SSSR count). The Morgan fingerprint density at radius 3 is 2.26 bits per heavy atom. The van der Waals surface area contributed by atoms with Crippen molar-refractivity contribution >= 4 is 27.5 Å². The lowest BCUT2D eigenvalue weighted by molar-refractivity contribution is -0.140. The van der Waals surface area contributed by atoms with Gasteiger partial charge in [0.15, 0.2) is 0 Å². The van der Waals surface area contributed by atoms with Crippen LogP contribution in [-0.4, -0.2) is 56.6 Å². The number of nitrogens with zero attached hydrogens (tertiary/aromatic N) is 2. The zero-order valence-electron chi connectivity index (χ0n) is 23.0. The fourth-order valence-corrected chi connectivity index (χ4v) is 5.77. The van der Waals surface area contributed by atoms with Gasteiger partial charge in [0.1, 0.15) is 18.3 Å². The predicted octanol–water partition coefficient (Wildman–Crippen LogP) is 4.42. The zero-order chi connectivity index (χ0) is 27.7. The fraction of sp³-hybridized carbons (Fsp3) is 0.517. The first kappa shape index (κ1) is 29.5. The molecule has 2 aromatic carbocycles. The number of carbonyl (C=O) groups excluding carboxylic acids is 2. The highest BCUT2D eigenvalue weighted by Gasteiger charge is 2.33. The second-order valence-corrected chi connectivity index (χ2v) is 11.8. The quantitative estimate of drug-likeness (QED) is 0.428. The number of carbonyl (C=O) groups is 2. The minimum Gasteiger partial charge on any atom is -0.494 e. The van der Waals surface area contributed by atoms with Crippen LogP contribution in [0.4, 0.5) is 5.69 Å². The lowest BCUT2D eigenvalue weighted by atomic mass is 9.95. The molecular weight excluding hydrogens is 502 g/mol. The molecule has 1 saturated carbocycles. The lowest BCUT2D eigenvalue weighted by Gasteiger charge is -2.34. The van der Waals surface area contributed by atoms with Gasteiger partial charge in [-0.2, -0.15) is 0 Å². The molecule has 0 heterocycles. The van der Waals surface area contributed by atoms with Gasteiger partial charge >= 0.3 is 0 Å². The van der Waals surface area contributed by atoms with E-state index in [0.29, 0.717) is 24.5 Å². The molecule has 8 nitrogen and oxygen atoms in total. The molecule has 0 aromatic heterocycles. The number of hydrogen-bond acceptors (Lipinski definition) is 5. The molecule has 1 aliphatic rings. The first-order valence-electron chi connectivity index (χ1n) is 13.5. The van der Waals surface area contributed by atoms with Crippen LogP contribution in [0, 0.1) is 6.92 Å². The molecule has 0 radical (unpaired) electrons. The molecule has 1 N–H and O–H groups in total. The molecule has 1 fully saturated rings. The van der Waals surface area contributed by atoms with Crippen LogP contribution in [0.1, 0.15) is 63.5 Å². The second kappa shape index (κ2) is 13.6. The van der Waals surface area contributed by atoms with Gasteiger partial charge in [-0.15, -0.1) is 0 Å². The Bertz CT molecular complexity index is 1180. The monoisotopic (exact) mass is 543 g/mol. The largest absolute Gasteiger partial charge is 0.494 e. The first-order chi connectivity index (χ1) is 18.1. The molecule has 0 spiro atoms. The van der Waals surface area contributed by atoms with E-state index in [4.69, 9.17) is 4.74 Å². The first-order valence-corrected chi connectivity index (χ1v) is 15.3. The maximum absolute atomic E-state index is 13.9. The molecule has 208 valence electrons. The molecule has 1 aliphatic carbocycles. The van der Waals surface area contributed by atoms with Crippen molar-refractivity contribution in [3.63, 3.8) is 0 Å². The molecule has 2 amide bonds. The fourth-order valence-electron chi connectivity index (χ4n) is 4.92. The molecule has 0 bridgehead atoms. The predicted molar refractivity (Wildman–Crippen MR) is 151 cm³/mol. The number of rotatable bonds is 12. The zero-order valence-corrected chi connectivity index (χ0v) is 23.8. The molecule has 9 heteroatoms. The van der Waals surface area contributed by atoms with Gasteiger partial charge in [-0.25, -0.2) is 8.42 Å². The van der Waals surface area contributed by atoms with Gasteiger partial charge in [0.25, 0.3) is 0 Å². The van der Waals surface area contributed by atoms with Crippen LogP contribution >= 0.6 is 0 Å². The average molecular weight is 544 g/mol. The van der Waals surface area contributed by atoms with Crippen LogP contribution in [0.3, 0.4) is 0 Å². The Labute approximate surface area is 227 Å². The van der Waals surface area contributed by atoms with Crippen molar-refractivity contribution in [2.75, 3.05) is 23.7 Å². The third-order valence-corrected chi connectivity index (χ3v) is 8.19. The number of benzene rings is 2. The van der Waals surface area contributed by atoms with E-state index in [1.807, 2.05) is 45.0 Å². The van der Waals surface area contributed by atoms with Crippen molar-refractivity contribution in [1.29, 1.82) is 0 Å². The highest BCUT2D eigenvalue weighted by Crippen LogP contribution is 2.24. The SMILES string of the molecule is CCOc1ccc(N(CC(=O)N(Cc2ccccc2C)C(CC)C(=O)NC2CCCCC2)S(C)(=O)=O)cc1. The van der Waals surface area contributed by atoms with Crippen LogP contribution < -0.4 is 14.4 Å². The number of anilines is 1. The molecule has 2 aromatic rings. The minimum absolute atomic E-state index is 0.108. The van der Waals surface area contributed by atoms with Gasteiger partial charge < -0.3 is 15.0 Å². The van der Waals surface area contributed by atoms with Crippen LogP contribution in [0.5, 0.6) is 5.75 Å². The van der Waals surface area contributed by atoms with E-state index in [1.54, 1.807) is 24.3 Å². The number of amides is 2. The summed E-state index contributed by atoms with van der Waals surface area (Å²) in [4.78, 5) is 28.9. The van der Waals surface area contributed by atoms with Gasteiger partial charge in [0.2, 0.25) is 21.8 Å². The summed E-state index contributed by atoms with van der Waals surface area (Å²) in [7, 11) is -3.78. The Morgan fingerprint density at radius 2 is 1.68 bits per heavy atom. The van der Waals surface area contributed by atoms with Crippen LogP contribution in [0.15, 0.2) is 48.5 Å². The number of sulfonamides is 1. The molecular formula is C29H41N3O5S. The van der Waals surface area contributed by atoms with Gasteiger partial charge in [-0.1, -0.05) is 50.5 Å². The Kier molecular flexibility index (Phi) is 10.6. The van der Waals surface area contributed by atoms with Crippen molar-refractivity contribution in [2.24, 2.45) is 0 Å². The average Bonchev–Trinajstić information content (AvgIpc) is 2.89. The van der Waals surface area contributed by atoms with E-state index >= 15 is 0 Å². The van der Waals surface area contributed by atoms with Gasteiger partial charge in [0.05, 0.1) is 18.6 Å². The van der Waals surface area contributed by atoms with Crippen molar-refractivity contribution in [1.82, 2.24) is 10.2 Å². The molecule has 38 heavy (non-hydrogen) atoms. The summed E-state index contributed by atoms with van der Waals surface area (Å²) < 4.78 is 32.1. The maximum atomic E-state index is 13.9. The minimum atomic E-state index is -3.78. The highest BCUT2D eigenvalue weighted by atomic mass is 32.2. The summed E-state index contributed by atoms with van der Waals surface area (Å²) in [6.45, 7) is 6.00. The van der Waals surface area contributed by atoms with E-state index in [0.717, 1.165) is 47.4 Å². The summed E-state index contributed by atoms with van der Waals surface area (Å²) in [6, 6.07) is 13.7. The summed E-state index contributed by atoms with van der Waals surface area (Å²) in [5.74, 6) is -0.00542. The Morgan fingerprint density at radius 1 is 1.03 bits per heavy atom. The third-order valence-electron chi connectivity index (χ3n) is 7.05. The van der Waals surface area contributed by atoms with Crippen molar-refractivity contribution in [3.05, 3.63) is 59.7 Å². The smallest absolute Gasteiger partial charge is 0.244 e. The normalized spacial score (nSPS) is 14.9. The summed E-state index contributed by atoms with van der Waals surface area (Å²) in [5.41, 5.74) is 2.27. The van der Waals surface area contributed by atoms with E-state index in [-0.39, 0.29) is 18.5 Å². The number of ether oxygens (including phenoxy) is 1. The molecule has 1 unspecified atom stereocenters.